The quantitative estimate of drug-likeness (QED) is 0.169. The highest BCUT2D eigenvalue weighted by Gasteiger charge is 2.18. The minimum atomic E-state index is 0.629. The molecule has 4 heterocycles. The molecule has 4 aromatic heterocycles. The van der Waals surface area contributed by atoms with E-state index >= 15 is 0 Å². The first-order chi connectivity index (χ1) is 29.7. The maximum atomic E-state index is 6.25. The average molecular weight is 768 g/mol. The molecule has 0 N–H and O–H groups in total. The van der Waals surface area contributed by atoms with Crippen molar-refractivity contribution < 1.29 is 8.83 Å². The van der Waals surface area contributed by atoms with Crippen molar-refractivity contribution in [3.63, 3.8) is 0 Å². The van der Waals surface area contributed by atoms with E-state index in [1.807, 2.05) is 36.5 Å². The van der Waals surface area contributed by atoms with Crippen molar-refractivity contribution in [3.8, 4) is 67.3 Å². The molecule has 5 heteroatoms. The lowest BCUT2D eigenvalue weighted by Crippen LogP contribution is -1.98. The fraction of sp³-hybridized carbons (Fsp3) is 0. The van der Waals surface area contributed by atoms with Crippen LogP contribution in [0.2, 0.25) is 0 Å². The van der Waals surface area contributed by atoms with E-state index in [9.17, 15) is 0 Å². The molecular formula is C55H33N3O2. The average Bonchev–Trinajstić information content (AvgIpc) is 3.89. The smallest absolute Gasteiger partial charge is 0.160 e. The van der Waals surface area contributed by atoms with Crippen LogP contribution in [0, 0.1) is 0 Å². The van der Waals surface area contributed by atoms with Gasteiger partial charge in [0.25, 0.3) is 0 Å². The Morgan fingerprint density at radius 1 is 0.317 bits per heavy atom. The summed E-state index contributed by atoms with van der Waals surface area (Å²) in [5.74, 6) is 0.629. The van der Waals surface area contributed by atoms with Gasteiger partial charge in [-0.15, -0.1) is 0 Å². The number of furan rings is 2. The summed E-state index contributed by atoms with van der Waals surface area (Å²) in [6.45, 7) is 0. The molecular weight excluding hydrogens is 735 g/mol. The highest BCUT2D eigenvalue weighted by molar-refractivity contribution is 6.08. The van der Waals surface area contributed by atoms with Crippen LogP contribution in [0.1, 0.15) is 0 Å². The largest absolute Gasteiger partial charge is 0.456 e. The van der Waals surface area contributed by atoms with Crippen molar-refractivity contribution >= 4 is 54.6 Å². The molecule has 60 heavy (non-hydrogen) atoms. The molecule has 12 aromatic rings. The first-order valence-electron chi connectivity index (χ1n) is 20.1. The molecule has 0 saturated heterocycles. The molecule has 0 unspecified atom stereocenters. The number of hydrogen-bond acceptors (Lipinski definition) is 5. The zero-order valence-electron chi connectivity index (χ0n) is 32.2. The van der Waals surface area contributed by atoms with Crippen molar-refractivity contribution in [2.24, 2.45) is 0 Å². The number of rotatable bonds is 6. The molecule has 0 spiro atoms. The van der Waals surface area contributed by atoms with E-state index in [0.29, 0.717) is 5.82 Å². The van der Waals surface area contributed by atoms with Crippen molar-refractivity contribution in [2.45, 2.75) is 0 Å². The monoisotopic (exact) mass is 767 g/mol. The Labute approximate surface area is 344 Å². The van der Waals surface area contributed by atoms with E-state index in [1.165, 1.54) is 0 Å². The Morgan fingerprint density at radius 3 is 1.52 bits per heavy atom. The van der Waals surface area contributed by atoms with E-state index in [2.05, 4.69) is 163 Å². The summed E-state index contributed by atoms with van der Waals surface area (Å²) >= 11 is 0. The number of pyridine rings is 1. The summed E-state index contributed by atoms with van der Waals surface area (Å²) in [6, 6.07) is 65.5. The van der Waals surface area contributed by atoms with Crippen LogP contribution in [0.3, 0.4) is 0 Å². The Bertz CT molecular complexity index is 3480. The van der Waals surface area contributed by atoms with Crippen molar-refractivity contribution in [3.05, 3.63) is 200 Å². The summed E-state index contributed by atoms with van der Waals surface area (Å²) in [5.41, 5.74) is 14.4. The van der Waals surface area contributed by atoms with Crippen LogP contribution in [-0.4, -0.2) is 15.0 Å². The minimum Gasteiger partial charge on any atom is -0.456 e. The van der Waals surface area contributed by atoms with Gasteiger partial charge in [-0.05, 0) is 105 Å². The molecule has 0 atom stereocenters. The summed E-state index contributed by atoms with van der Waals surface area (Å²) in [4.78, 5) is 15.3. The highest BCUT2D eigenvalue weighted by Crippen LogP contribution is 2.40. The first-order valence-corrected chi connectivity index (χ1v) is 20.1. The van der Waals surface area contributed by atoms with Gasteiger partial charge in [-0.25, -0.2) is 9.97 Å². The Kier molecular flexibility index (Phi) is 7.78. The van der Waals surface area contributed by atoms with Gasteiger partial charge in [-0.1, -0.05) is 121 Å². The van der Waals surface area contributed by atoms with Gasteiger partial charge in [0.1, 0.15) is 22.3 Å². The van der Waals surface area contributed by atoms with E-state index in [4.69, 9.17) is 18.8 Å². The number of fused-ring (bicyclic) bond motifs is 7. The molecule has 0 aliphatic heterocycles. The SMILES string of the molecule is c1cncc(-c2ccccc2-c2cc(-c3cccc4ccccc34)nc(-c3cc(-c4ccc5oc6ccccc6c5c4)cc(-c4ccc5oc6ccccc6c5c4)c3)n2)c1. The van der Waals surface area contributed by atoms with Crippen LogP contribution in [0.15, 0.2) is 209 Å². The zero-order valence-corrected chi connectivity index (χ0v) is 32.2. The van der Waals surface area contributed by atoms with Gasteiger partial charge in [0.2, 0.25) is 0 Å². The second-order valence-electron chi connectivity index (χ2n) is 15.2. The standard InChI is InChI=1S/C55H33N3O2/c1-2-14-41-34(11-1)12-9-19-44(41)50-32-49(43-16-4-3-15-42(43)37-13-10-26-56-33-37)57-55(58-50)40-28-38(35-22-24-53-47(30-35)45-17-5-7-20-51(45)59-53)27-39(29-40)36-23-25-54-48(31-36)46-18-6-8-21-52(46)60-54/h1-33H. The Balaban J connectivity index is 1.12. The second kappa shape index (κ2) is 13.8. The van der Waals surface area contributed by atoms with Crippen LogP contribution < -0.4 is 0 Å². The van der Waals surface area contributed by atoms with Crippen molar-refractivity contribution in [1.82, 2.24) is 15.0 Å². The molecule has 8 aromatic carbocycles. The molecule has 5 nitrogen and oxygen atoms in total. The maximum Gasteiger partial charge on any atom is 0.160 e. The third-order valence-electron chi connectivity index (χ3n) is 11.6. The van der Waals surface area contributed by atoms with Gasteiger partial charge in [0.05, 0.1) is 11.4 Å². The predicted molar refractivity (Wildman–Crippen MR) is 245 cm³/mol. The Hall–Kier alpha value is -8.15. The van der Waals surface area contributed by atoms with Crippen LogP contribution in [-0.2, 0) is 0 Å². The molecule has 0 saturated carbocycles. The fourth-order valence-corrected chi connectivity index (χ4v) is 8.68. The molecule has 0 aliphatic carbocycles. The van der Waals surface area contributed by atoms with Crippen LogP contribution >= 0.6 is 0 Å². The summed E-state index contributed by atoms with van der Waals surface area (Å²) in [5, 5.41) is 6.61. The van der Waals surface area contributed by atoms with Gasteiger partial charge in [-0.3, -0.25) is 4.98 Å². The lowest BCUT2D eigenvalue weighted by molar-refractivity contribution is 0.668. The molecule has 0 amide bonds. The van der Waals surface area contributed by atoms with Gasteiger partial charge >= 0.3 is 0 Å². The van der Waals surface area contributed by atoms with E-state index in [1.54, 1.807) is 6.20 Å². The zero-order chi connectivity index (χ0) is 39.6. The third kappa shape index (κ3) is 5.75. The number of para-hydroxylation sites is 2. The fourth-order valence-electron chi connectivity index (χ4n) is 8.68. The number of benzene rings is 8. The van der Waals surface area contributed by atoms with Gasteiger partial charge in [-0.2, -0.15) is 0 Å². The predicted octanol–water partition coefficient (Wildman–Crippen LogP) is 14.8. The van der Waals surface area contributed by atoms with E-state index < -0.39 is 0 Å². The Morgan fingerprint density at radius 2 is 0.850 bits per heavy atom. The van der Waals surface area contributed by atoms with E-state index in [0.717, 1.165) is 116 Å². The van der Waals surface area contributed by atoms with Gasteiger partial charge < -0.3 is 8.83 Å². The topological polar surface area (TPSA) is 65.0 Å². The number of nitrogens with zero attached hydrogens (tertiary/aromatic N) is 3. The molecule has 280 valence electrons. The van der Waals surface area contributed by atoms with Crippen LogP contribution in [0.4, 0.5) is 0 Å². The minimum absolute atomic E-state index is 0.629. The molecule has 0 bridgehead atoms. The second-order valence-corrected chi connectivity index (χ2v) is 15.2. The first kappa shape index (κ1) is 33.9. The van der Waals surface area contributed by atoms with Crippen molar-refractivity contribution in [2.75, 3.05) is 0 Å². The van der Waals surface area contributed by atoms with Crippen LogP contribution in [0.5, 0.6) is 0 Å². The maximum absolute atomic E-state index is 6.25. The summed E-state index contributed by atoms with van der Waals surface area (Å²) in [6.07, 6.45) is 3.71. The normalized spacial score (nSPS) is 11.7. The third-order valence-corrected chi connectivity index (χ3v) is 11.6. The summed E-state index contributed by atoms with van der Waals surface area (Å²) < 4.78 is 12.5. The summed E-state index contributed by atoms with van der Waals surface area (Å²) in [7, 11) is 0. The lowest BCUT2D eigenvalue weighted by atomic mass is 9.93. The van der Waals surface area contributed by atoms with Crippen LogP contribution in [0.25, 0.3) is 122 Å². The number of aromatic nitrogens is 3. The molecule has 0 fully saturated rings. The molecule has 12 rings (SSSR count). The van der Waals surface area contributed by atoms with Gasteiger partial charge in [0.15, 0.2) is 5.82 Å². The lowest BCUT2D eigenvalue weighted by Gasteiger charge is -2.15. The van der Waals surface area contributed by atoms with Gasteiger partial charge in [0, 0.05) is 56.2 Å². The molecule has 0 radical (unpaired) electrons. The van der Waals surface area contributed by atoms with E-state index in [-0.39, 0.29) is 0 Å². The number of hydrogen-bond donors (Lipinski definition) is 0. The van der Waals surface area contributed by atoms with Crippen molar-refractivity contribution in [1.29, 1.82) is 0 Å². The highest BCUT2D eigenvalue weighted by atomic mass is 16.3. The molecule has 0 aliphatic rings.